The lowest BCUT2D eigenvalue weighted by Crippen LogP contribution is -2.40. The Kier molecular flexibility index (Phi) is 5.24. The maximum absolute atomic E-state index is 5.78. The molecule has 18 heavy (non-hydrogen) atoms. The van der Waals surface area contributed by atoms with Crippen molar-refractivity contribution in [2.45, 2.75) is 23.5 Å². The minimum atomic E-state index is 0.174. The van der Waals surface area contributed by atoms with Gasteiger partial charge in [0.15, 0.2) is 0 Å². The molecule has 1 fully saturated rings. The van der Waals surface area contributed by atoms with E-state index in [1.165, 1.54) is 17.1 Å². The van der Waals surface area contributed by atoms with Crippen LogP contribution in [0.5, 0.6) is 5.75 Å². The Hall–Kier alpha value is -0.360. The first-order valence-electron chi connectivity index (χ1n) is 6.09. The van der Waals surface area contributed by atoms with Gasteiger partial charge in [0.05, 0.1) is 13.2 Å². The molecular formula is C13H20N2OS2. The van der Waals surface area contributed by atoms with Gasteiger partial charge in [-0.05, 0) is 17.7 Å². The summed E-state index contributed by atoms with van der Waals surface area (Å²) in [5.41, 5.74) is 4.18. The monoisotopic (exact) mass is 284 g/mol. The molecule has 0 aliphatic carbocycles. The molecule has 0 radical (unpaired) electrons. The van der Waals surface area contributed by atoms with E-state index in [9.17, 15) is 0 Å². The number of hydrazine groups is 1. The molecule has 1 aliphatic rings. The molecule has 2 rings (SSSR count). The number of thioether (sulfide) groups is 2. The molecule has 3 unspecified atom stereocenters. The van der Waals surface area contributed by atoms with Gasteiger partial charge in [-0.2, -0.15) is 23.5 Å². The lowest BCUT2D eigenvalue weighted by Gasteiger charge is -2.34. The van der Waals surface area contributed by atoms with Crippen LogP contribution in [0.2, 0.25) is 0 Å². The van der Waals surface area contributed by atoms with Gasteiger partial charge >= 0.3 is 0 Å². The molecule has 0 saturated carbocycles. The summed E-state index contributed by atoms with van der Waals surface area (Å²) in [5, 5.41) is 1.11. The van der Waals surface area contributed by atoms with Crippen LogP contribution in [-0.2, 0) is 0 Å². The number of ether oxygens (including phenoxy) is 1. The van der Waals surface area contributed by atoms with Gasteiger partial charge in [0.25, 0.3) is 0 Å². The minimum Gasteiger partial charge on any atom is -0.497 e. The Bertz CT molecular complexity index is 389. The van der Waals surface area contributed by atoms with Crippen LogP contribution in [-0.4, -0.2) is 29.1 Å². The van der Waals surface area contributed by atoms with Crippen molar-refractivity contribution in [3.8, 4) is 5.75 Å². The van der Waals surface area contributed by atoms with Gasteiger partial charge in [-0.3, -0.25) is 11.3 Å². The van der Waals surface area contributed by atoms with E-state index >= 15 is 0 Å². The highest BCUT2D eigenvalue weighted by atomic mass is 32.2. The Morgan fingerprint density at radius 1 is 1.39 bits per heavy atom. The third-order valence-electron chi connectivity index (χ3n) is 3.20. The fraction of sp³-hybridized carbons (Fsp3) is 0.538. The van der Waals surface area contributed by atoms with Gasteiger partial charge in [-0.1, -0.05) is 19.1 Å². The second-order valence-corrected chi connectivity index (χ2v) is 7.10. The lowest BCUT2D eigenvalue weighted by molar-refractivity contribution is 0.412. The molecule has 0 bridgehead atoms. The van der Waals surface area contributed by atoms with E-state index in [0.717, 1.165) is 5.75 Å². The van der Waals surface area contributed by atoms with Crippen molar-refractivity contribution in [3.63, 3.8) is 0 Å². The van der Waals surface area contributed by atoms with Crippen LogP contribution in [0.25, 0.3) is 0 Å². The molecule has 0 spiro atoms. The Morgan fingerprint density at radius 2 is 2.17 bits per heavy atom. The molecule has 0 aromatic heterocycles. The Balaban J connectivity index is 2.20. The summed E-state index contributed by atoms with van der Waals surface area (Å²) < 4.78 is 5.28. The molecule has 1 aromatic rings. The van der Waals surface area contributed by atoms with Gasteiger partial charge in [0, 0.05) is 22.0 Å². The highest BCUT2D eigenvalue weighted by Crippen LogP contribution is 2.38. The van der Waals surface area contributed by atoms with E-state index < -0.39 is 0 Å². The van der Waals surface area contributed by atoms with E-state index in [1.54, 1.807) is 7.11 Å². The molecular weight excluding hydrogens is 264 g/mol. The largest absolute Gasteiger partial charge is 0.497 e. The first-order valence-corrected chi connectivity index (χ1v) is 8.19. The smallest absolute Gasteiger partial charge is 0.119 e. The summed E-state index contributed by atoms with van der Waals surface area (Å²) in [5.74, 6) is 9.09. The van der Waals surface area contributed by atoms with Crippen molar-refractivity contribution >= 4 is 23.5 Å². The van der Waals surface area contributed by atoms with Crippen molar-refractivity contribution in [3.05, 3.63) is 29.8 Å². The van der Waals surface area contributed by atoms with Crippen LogP contribution < -0.4 is 16.0 Å². The number of nitrogens with one attached hydrogen (secondary N) is 1. The van der Waals surface area contributed by atoms with Crippen LogP contribution in [0.1, 0.15) is 18.5 Å². The van der Waals surface area contributed by atoms with Crippen molar-refractivity contribution in [2.24, 2.45) is 5.84 Å². The molecule has 1 aromatic carbocycles. The van der Waals surface area contributed by atoms with E-state index in [0.29, 0.717) is 10.5 Å². The van der Waals surface area contributed by atoms with E-state index in [-0.39, 0.29) is 6.04 Å². The molecule has 1 aliphatic heterocycles. The van der Waals surface area contributed by atoms with Crippen molar-refractivity contribution in [2.75, 3.05) is 18.6 Å². The zero-order valence-electron chi connectivity index (χ0n) is 10.8. The van der Waals surface area contributed by atoms with Gasteiger partial charge < -0.3 is 4.74 Å². The summed E-state index contributed by atoms with van der Waals surface area (Å²) in [6.07, 6.45) is 0. The van der Waals surface area contributed by atoms with Crippen LogP contribution in [0.3, 0.4) is 0 Å². The first kappa shape index (κ1) is 14.1. The zero-order chi connectivity index (χ0) is 13.0. The summed E-state index contributed by atoms with van der Waals surface area (Å²) in [6, 6.07) is 8.33. The quantitative estimate of drug-likeness (QED) is 0.657. The van der Waals surface area contributed by atoms with Gasteiger partial charge in [-0.25, -0.2) is 0 Å². The predicted molar refractivity (Wildman–Crippen MR) is 81.2 cm³/mol. The Labute approximate surface area is 117 Å². The minimum absolute atomic E-state index is 0.174. The molecule has 0 amide bonds. The third-order valence-corrected chi connectivity index (χ3v) is 6.39. The van der Waals surface area contributed by atoms with Gasteiger partial charge in [0.1, 0.15) is 5.75 Å². The first-order chi connectivity index (χ1) is 8.76. The van der Waals surface area contributed by atoms with Crippen molar-refractivity contribution in [1.29, 1.82) is 0 Å². The van der Waals surface area contributed by atoms with Gasteiger partial charge in [-0.15, -0.1) is 0 Å². The molecule has 3 atom stereocenters. The van der Waals surface area contributed by atoms with E-state index in [2.05, 4.69) is 24.5 Å². The van der Waals surface area contributed by atoms with Crippen molar-refractivity contribution in [1.82, 2.24) is 5.43 Å². The van der Waals surface area contributed by atoms with Gasteiger partial charge in [0.2, 0.25) is 0 Å². The average molecular weight is 284 g/mol. The Morgan fingerprint density at radius 3 is 2.83 bits per heavy atom. The predicted octanol–water partition coefficient (Wildman–Crippen LogP) is 2.44. The summed E-state index contributed by atoms with van der Waals surface area (Å²) >= 11 is 4.03. The van der Waals surface area contributed by atoms with E-state index in [4.69, 9.17) is 10.6 Å². The highest BCUT2D eigenvalue weighted by Gasteiger charge is 2.30. The molecule has 1 saturated heterocycles. The number of hydrogen-bond acceptors (Lipinski definition) is 5. The number of nitrogens with two attached hydrogens (primary N) is 1. The number of methoxy groups -OCH3 is 1. The zero-order valence-corrected chi connectivity index (χ0v) is 12.4. The highest BCUT2D eigenvalue weighted by molar-refractivity contribution is 8.07. The van der Waals surface area contributed by atoms with Crippen LogP contribution in [0, 0.1) is 0 Å². The fourth-order valence-electron chi connectivity index (χ4n) is 2.23. The summed E-state index contributed by atoms with van der Waals surface area (Å²) in [6.45, 7) is 2.28. The van der Waals surface area contributed by atoms with Crippen LogP contribution in [0.4, 0.5) is 0 Å². The fourth-order valence-corrected chi connectivity index (χ4v) is 5.16. The average Bonchev–Trinajstić information content (AvgIpc) is 2.42. The molecule has 5 heteroatoms. The van der Waals surface area contributed by atoms with Crippen molar-refractivity contribution < 1.29 is 4.74 Å². The third kappa shape index (κ3) is 3.15. The second-order valence-electron chi connectivity index (χ2n) is 4.33. The number of hydrogen-bond donors (Lipinski definition) is 2. The number of rotatable bonds is 4. The van der Waals surface area contributed by atoms with Crippen LogP contribution >= 0.6 is 23.5 Å². The molecule has 100 valence electrons. The summed E-state index contributed by atoms with van der Waals surface area (Å²) in [7, 11) is 1.69. The molecule has 3 nitrogen and oxygen atoms in total. The summed E-state index contributed by atoms with van der Waals surface area (Å²) in [4.78, 5) is 0. The maximum atomic E-state index is 5.78. The van der Waals surface area contributed by atoms with E-state index in [1.807, 2.05) is 35.7 Å². The standard InChI is InChI=1S/C13H20N2OS2/c1-9-13(18-7-6-17-9)12(15-14)10-4-3-5-11(8-10)16-2/h3-5,8-9,12-13,15H,6-7,14H2,1-2H3. The lowest BCUT2D eigenvalue weighted by atomic mass is 10.0. The maximum Gasteiger partial charge on any atom is 0.119 e. The second kappa shape index (κ2) is 6.70. The normalized spacial score (nSPS) is 25.7. The topological polar surface area (TPSA) is 47.3 Å². The molecule has 3 N–H and O–H groups in total. The molecule has 1 heterocycles. The SMILES string of the molecule is COc1cccc(C(NN)C2SCCSC2C)c1. The van der Waals surface area contributed by atoms with Crippen LogP contribution in [0.15, 0.2) is 24.3 Å². The number of benzene rings is 1.